The quantitative estimate of drug-likeness (QED) is 0.0155. The van der Waals surface area contributed by atoms with Crippen LogP contribution in [0.2, 0.25) is 0 Å². The third-order valence-electron chi connectivity index (χ3n) is 22.0. The number of amides is 1. The van der Waals surface area contributed by atoms with Crippen molar-refractivity contribution in [2.45, 2.75) is 133 Å². The molecule has 0 spiro atoms. The van der Waals surface area contributed by atoms with E-state index in [1.165, 1.54) is 0 Å². The fraction of sp³-hybridized carbons (Fsp3) is 0.375. The Morgan fingerprint density at radius 3 is 1.15 bits per heavy atom. The number of carbonyl (C=O) groups excluding carboxylic acids is 3. The summed E-state index contributed by atoms with van der Waals surface area (Å²) >= 11 is 3.10. The van der Waals surface area contributed by atoms with Gasteiger partial charge in [-0.05, 0) is 73.2 Å². The number of H-pyrrole nitrogens is 1. The largest absolute Gasteiger partial charge is 0.460 e. The molecule has 1 amide bonds. The number of nitrogens with two attached hydrogens (primary N) is 2. The van der Waals surface area contributed by atoms with E-state index in [0.29, 0.717) is 132 Å². The first kappa shape index (κ1) is 90.0. The number of ether oxygens (including phenoxy) is 1. The number of piperidine rings is 5. The van der Waals surface area contributed by atoms with Crippen molar-refractivity contribution in [1.29, 1.82) is 10.7 Å². The van der Waals surface area contributed by atoms with E-state index in [4.69, 9.17) is 31.9 Å². The maximum absolute atomic E-state index is 13.5. The smallest absolute Gasteiger partial charge is 0.374 e. The number of Topliss-reactive ketones (excluding diaryl/α,β-unsaturated/α-hetero) is 1. The molecule has 5 aliphatic heterocycles. The SMILES string of the molecule is CCOC(=O)c1nc(CN2CCC(F)(F)CC2)c2ccccn12.FC1(F)CCN(Cc2nc(-c3ncc(-c4ccccc4)[nH]3)n3ccccc23)CC1.N#Cc1nc(CN2CCC(F)(F)CC2)c2ccccn12.N=C(N)c1nc(CN2CCC(F)(F)CC2)c2ccccn12.NC(=O)c1nc(CN2CCC(F)(F)CC2)c2ccccn12.O=C(CBr)c1ccccc1. The zero-order valence-electron chi connectivity index (χ0n) is 68.0. The highest BCUT2D eigenvalue weighted by atomic mass is 79.9. The summed E-state index contributed by atoms with van der Waals surface area (Å²) in [5, 5.41) is 17.1. The minimum absolute atomic E-state index is 0.0930. The summed E-state index contributed by atoms with van der Waals surface area (Å²) in [4.78, 5) is 74.4. The van der Waals surface area contributed by atoms with E-state index < -0.39 is 41.5 Å². The van der Waals surface area contributed by atoms with Crippen molar-refractivity contribution in [2.75, 3.05) is 77.4 Å². The third kappa shape index (κ3) is 23.0. The van der Waals surface area contributed by atoms with Crippen LogP contribution in [0.4, 0.5) is 43.9 Å². The average molecular weight is 1780 g/mol. The lowest BCUT2D eigenvalue weighted by Gasteiger charge is -2.31. The van der Waals surface area contributed by atoms with E-state index in [1.54, 1.807) is 61.6 Å². The highest BCUT2D eigenvalue weighted by molar-refractivity contribution is 9.09. The number of carbonyl (C=O) groups is 3. The van der Waals surface area contributed by atoms with Gasteiger partial charge in [-0.15, -0.1) is 0 Å². The Hall–Kier alpha value is -11.8. The highest BCUT2D eigenvalue weighted by Crippen LogP contribution is 2.35. The second-order valence-electron chi connectivity index (χ2n) is 30.9. The Labute approximate surface area is 715 Å². The van der Waals surface area contributed by atoms with Crippen molar-refractivity contribution in [3.8, 4) is 29.0 Å². The number of aromatic amines is 1. The standard InChI is InChI=1S/C22H21F2N5.C16H19F2N3O2.C14H17F2N5.C14H16F2N4O.C14H14F2N4.C8H7BrO/c23-22(24)9-12-28(13-10-22)15-18-19-8-4-5-11-29(19)21(27-18)20-25-14-17(26-20)16-6-2-1-3-7-16;1-2-23-15(22)14-19-12(13-5-3-4-8-21(13)14)11-20-9-6-16(17,18)7-10-20;15-14(16)4-7-20(8-5-14)9-10-11-3-1-2-6-21(11)13(19-10)12(17)18;15-14(16)4-7-19(8-5-14)9-10-11-3-1-2-6-20(11)13(18-10)12(17)21;15-14(16)4-7-19(8-5-14)10-11-12-3-1-2-6-20(12)13(9-17)18-11;9-6-8(10)7-4-2-1-3-5-7/h1-8,11,14H,9-10,12-13,15H2,(H,25,26);3-5,8H,2,6-7,9-11H2,1H3;1-3,6H,4-5,7-9H2,(H3,17,18);1-3,6H,4-5,7-9H2,(H2,17,21);1-3,6H,4-5,7-8,10H2;1-5H,6H2. The van der Waals surface area contributed by atoms with Crippen LogP contribution in [0.25, 0.3) is 50.5 Å². The first-order valence-electron chi connectivity index (χ1n) is 40.7. The molecule has 13 aromatic rings. The number of esters is 1. The maximum atomic E-state index is 13.5. The van der Waals surface area contributed by atoms with Crippen LogP contribution in [-0.4, -0.2) is 212 Å². The normalized spacial score (nSPS) is 17.6. The molecule has 124 heavy (non-hydrogen) atoms. The Morgan fingerprint density at radius 2 is 0.766 bits per heavy atom. The number of primary amides is 1. The summed E-state index contributed by atoms with van der Waals surface area (Å²) < 4.78 is 146. The molecule has 16 heterocycles. The van der Waals surface area contributed by atoms with Crippen LogP contribution in [0.15, 0.2) is 189 Å². The summed E-state index contributed by atoms with van der Waals surface area (Å²) in [6.45, 7) is 7.96. The number of likely N-dealkylation sites (tertiary alicyclic amines) is 5. The van der Waals surface area contributed by atoms with Crippen molar-refractivity contribution in [1.82, 2.24) is 81.4 Å². The minimum atomic E-state index is -2.57. The molecule has 5 fully saturated rings. The molecule has 0 radical (unpaired) electrons. The van der Waals surface area contributed by atoms with E-state index in [0.717, 1.165) is 67.3 Å². The van der Waals surface area contributed by atoms with Gasteiger partial charge in [0.1, 0.15) is 6.07 Å². The summed E-state index contributed by atoms with van der Waals surface area (Å²) in [6.07, 6.45) is 9.65. The van der Waals surface area contributed by atoms with Crippen LogP contribution in [0.3, 0.4) is 0 Å². The zero-order valence-corrected chi connectivity index (χ0v) is 69.6. The number of hydrogen-bond donors (Lipinski definition) is 4. The van der Waals surface area contributed by atoms with Gasteiger partial charge in [-0.1, -0.05) is 107 Å². The molecule has 2 aromatic carbocycles. The van der Waals surface area contributed by atoms with Crippen molar-refractivity contribution in [2.24, 2.45) is 11.5 Å². The van der Waals surface area contributed by atoms with Gasteiger partial charge in [-0.25, -0.2) is 78.6 Å². The van der Waals surface area contributed by atoms with E-state index >= 15 is 0 Å². The number of nitrogens with zero attached hydrogens (tertiary/aromatic N) is 17. The average Bonchev–Trinajstić information content (AvgIpc) is 1.64. The number of rotatable bonds is 18. The van der Waals surface area contributed by atoms with Crippen molar-refractivity contribution >= 4 is 67.0 Å². The topological polar surface area (TPSA) is 292 Å². The van der Waals surface area contributed by atoms with Gasteiger partial charge in [-0.3, -0.25) is 61.5 Å². The number of ketones is 1. The number of benzene rings is 2. The first-order valence-corrected chi connectivity index (χ1v) is 41.8. The van der Waals surface area contributed by atoms with Gasteiger partial charge in [0, 0.05) is 199 Å². The predicted molar refractivity (Wildman–Crippen MR) is 451 cm³/mol. The molecule has 6 N–H and O–H groups in total. The van der Waals surface area contributed by atoms with Crippen LogP contribution in [0, 0.1) is 16.7 Å². The molecular weight excluding hydrogens is 1680 g/mol. The summed E-state index contributed by atoms with van der Waals surface area (Å²) in [5.41, 5.74) is 21.7. The molecule has 0 unspecified atom stereocenters. The van der Waals surface area contributed by atoms with Gasteiger partial charge in [0.25, 0.3) is 35.5 Å². The molecule has 0 saturated carbocycles. The van der Waals surface area contributed by atoms with Gasteiger partial charge in [0.15, 0.2) is 29.1 Å². The number of hydrogen-bond acceptors (Lipinski definition) is 17. The number of imidazole rings is 6. The molecule has 36 heteroatoms. The predicted octanol–water partition coefficient (Wildman–Crippen LogP) is 15.6. The van der Waals surface area contributed by atoms with Gasteiger partial charge in [-0.2, -0.15) is 5.26 Å². The Bertz CT molecular complexity index is 5720. The molecule has 0 bridgehead atoms. The summed E-state index contributed by atoms with van der Waals surface area (Å²) in [5.74, 6) is -11.3. The summed E-state index contributed by atoms with van der Waals surface area (Å²) in [7, 11) is 0. The number of fused-ring (bicyclic) bond motifs is 5. The molecule has 0 aliphatic carbocycles. The third-order valence-corrected chi connectivity index (χ3v) is 22.5. The van der Waals surface area contributed by atoms with Gasteiger partial charge >= 0.3 is 5.97 Å². The highest BCUT2D eigenvalue weighted by Gasteiger charge is 2.39. The monoisotopic (exact) mass is 1780 g/mol. The molecule has 652 valence electrons. The van der Waals surface area contributed by atoms with E-state index in [1.807, 2.05) is 181 Å². The summed E-state index contributed by atoms with van der Waals surface area (Å²) in [6, 6.07) is 49.4. The number of amidine groups is 1. The van der Waals surface area contributed by atoms with Gasteiger partial charge < -0.3 is 21.2 Å². The second-order valence-corrected chi connectivity index (χ2v) is 31.5. The molecule has 18 rings (SSSR count). The van der Waals surface area contributed by atoms with Crippen LogP contribution < -0.4 is 11.5 Å². The lowest BCUT2D eigenvalue weighted by atomic mass is 10.1. The number of nitrogens with one attached hydrogen (secondary N) is 2. The van der Waals surface area contributed by atoms with Crippen molar-refractivity contribution < 1.29 is 63.0 Å². The van der Waals surface area contributed by atoms with Crippen LogP contribution in [0.5, 0.6) is 0 Å². The molecule has 25 nitrogen and oxygen atoms in total. The number of alkyl halides is 11. The van der Waals surface area contributed by atoms with Crippen molar-refractivity contribution in [3.63, 3.8) is 0 Å². The molecule has 5 saturated heterocycles. The van der Waals surface area contributed by atoms with Crippen LogP contribution in [-0.2, 0) is 37.5 Å². The lowest BCUT2D eigenvalue weighted by molar-refractivity contribution is -0.0572. The van der Waals surface area contributed by atoms with E-state index in [-0.39, 0.29) is 94.1 Å². The number of aromatic nitrogens is 12. The Balaban J connectivity index is 0.000000130. The maximum Gasteiger partial charge on any atom is 0.374 e. The molecule has 0 atom stereocenters. The van der Waals surface area contributed by atoms with Gasteiger partial charge in [0.05, 0.1) is 79.9 Å². The van der Waals surface area contributed by atoms with E-state index in [9.17, 15) is 58.3 Å². The lowest BCUT2D eigenvalue weighted by Crippen LogP contribution is -2.38. The zero-order chi connectivity index (χ0) is 87.9. The number of nitriles is 1. The second kappa shape index (κ2) is 39.8. The van der Waals surface area contributed by atoms with E-state index in [2.05, 4.69) is 51.9 Å². The first-order chi connectivity index (χ1) is 59.4. The Kier molecular flexibility index (Phi) is 28.9. The fourth-order valence-corrected chi connectivity index (χ4v) is 15.5. The number of nitrogen functional groups attached to an aromatic ring is 1. The molecule has 5 aliphatic rings. The van der Waals surface area contributed by atoms with Crippen molar-refractivity contribution in [3.05, 3.63) is 246 Å². The molecular formula is C88H94BrF10N21O4. The number of pyridine rings is 5. The fourth-order valence-electron chi connectivity index (χ4n) is 15.2. The minimum Gasteiger partial charge on any atom is -0.460 e. The molecule has 11 aromatic heterocycles. The number of halogens is 11. The van der Waals surface area contributed by atoms with Crippen LogP contribution >= 0.6 is 15.9 Å². The van der Waals surface area contributed by atoms with Gasteiger partial charge in [0.2, 0.25) is 17.5 Å². The van der Waals surface area contributed by atoms with Crippen LogP contribution in [0.1, 0.15) is 143 Å². The Morgan fingerprint density at radius 1 is 0.444 bits per heavy atom.